The topological polar surface area (TPSA) is 29.9 Å². The van der Waals surface area contributed by atoms with Gasteiger partial charge in [-0.3, -0.25) is 0 Å². The van der Waals surface area contributed by atoms with E-state index in [1.54, 1.807) is 15.9 Å². The van der Waals surface area contributed by atoms with Crippen molar-refractivity contribution in [3.8, 4) is 0 Å². The molecule has 7 heteroatoms. The number of thiophene rings is 1. The monoisotopic (exact) mass is 315 g/mol. The van der Waals surface area contributed by atoms with Gasteiger partial charge < -0.3 is 9.88 Å². The number of halogens is 3. The second-order valence-electron chi connectivity index (χ2n) is 5.36. The van der Waals surface area contributed by atoms with Gasteiger partial charge in [0.25, 0.3) is 0 Å². The second-order valence-corrected chi connectivity index (χ2v) is 6.14. The maximum atomic E-state index is 12.6. The molecule has 0 aliphatic carbocycles. The first-order chi connectivity index (χ1) is 10.0. The first kappa shape index (κ1) is 14.6. The molecular weight excluding hydrogens is 299 g/mol. The van der Waals surface area contributed by atoms with Gasteiger partial charge in [0.15, 0.2) is 5.69 Å². The molecule has 0 fully saturated rings. The number of nitrogens with one attached hydrogen (secondary N) is 1. The van der Waals surface area contributed by atoms with Crippen LogP contribution >= 0.6 is 11.3 Å². The minimum absolute atomic E-state index is 0.353. The first-order valence-corrected chi connectivity index (χ1v) is 7.81. The van der Waals surface area contributed by atoms with Gasteiger partial charge in [-0.1, -0.05) is 0 Å². The number of hydrogen-bond acceptors (Lipinski definition) is 3. The minimum atomic E-state index is -4.35. The third-order valence-corrected chi connectivity index (χ3v) is 4.45. The maximum Gasteiger partial charge on any atom is 0.434 e. The molecule has 2 aromatic rings. The number of rotatable bonds is 4. The SMILES string of the molecule is FC(F)(F)c1cn2c(n1)CC[C@H](CNCc1ccsc1)C2. The van der Waals surface area contributed by atoms with E-state index >= 15 is 0 Å². The summed E-state index contributed by atoms with van der Waals surface area (Å²) in [6.07, 6.45) is -1.72. The highest BCUT2D eigenvalue weighted by Gasteiger charge is 2.35. The molecule has 2 aromatic heterocycles. The number of fused-ring (bicyclic) bond motifs is 1. The Bertz CT molecular complexity index is 589. The van der Waals surface area contributed by atoms with Gasteiger partial charge in [0, 0.05) is 25.7 Å². The van der Waals surface area contributed by atoms with Gasteiger partial charge >= 0.3 is 6.18 Å². The molecule has 0 spiro atoms. The van der Waals surface area contributed by atoms with E-state index < -0.39 is 11.9 Å². The summed E-state index contributed by atoms with van der Waals surface area (Å²) in [7, 11) is 0. The Morgan fingerprint density at radius 1 is 1.43 bits per heavy atom. The summed E-state index contributed by atoms with van der Waals surface area (Å²) < 4.78 is 39.6. The third-order valence-electron chi connectivity index (χ3n) is 3.72. The van der Waals surface area contributed by atoms with Crippen LogP contribution in [0, 0.1) is 5.92 Å². The van der Waals surface area contributed by atoms with Crippen LogP contribution in [0.15, 0.2) is 23.0 Å². The van der Waals surface area contributed by atoms with E-state index in [4.69, 9.17) is 0 Å². The van der Waals surface area contributed by atoms with Crippen LogP contribution in [0.1, 0.15) is 23.5 Å². The number of aromatic nitrogens is 2. The van der Waals surface area contributed by atoms with Crippen molar-refractivity contribution in [2.45, 2.75) is 32.1 Å². The Hall–Kier alpha value is -1.34. The molecule has 1 N–H and O–H groups in total. The number of imidazole rings is 1. The lowest BCUT2D eigenvalue weighted by molar-refractivity contribution is -0.141. The van der Waals surface area contributed by atoms with Gasteiger partial charge in [-0.25, -0.2) is 4.98 Å². The summed E-state index contributed by atoms with van der Waals surface area (Å²) in [6, 6.07) is 2.07. The van der Waals surface area contributed by atoms with Crippen LogP contribution in [0.3, 0.4) is 0 Å². The van der Waals surface area contributed by atoms with Crippen molar-refractivity contribution < 1.29 is 13.2 Å². The average molecular weight is 315 g/mol. The van der Waals surface area contributed by atoms with Crippen molar-refractivity contribution in [1.29, 1.82) is 0 Å². The van der Waals surface area contributed by atoms with E-state index in [1.165, 1.54) is 5.56 Å². The van der Waals surface area contributed by atoms with Crippen LogP contribution in [-0.2, 0) is 25.7 Å². The molecule has 3 rings (SSSR count). The van der Waals surface area contributed by atoms with Gasteiger partial charge in [0.2, 0.25) is 0 Å². The zero-order valence-electron chi connectivity index (χ0n) is 11.4. The molecular formula is C14H16F3N3S. The molecule has 3 nitrogen and oxygen atoms in total. The average Bonchev–Trinajstić information content (AvgIpc) is 3.05. The van der Waals surface area contributed by atoms with E-state index in [9.17, 15) is 13.2 Å². The van der Waals surface area contributed by atoms with Gasteiger partial charge in [0.1, 0.15) is 5.82 Å². The molecule has 1 atom stereocenters. The fourth-order valence-electron chi connectivity index (χ4n) is 2.63. The number of alkyl halides is 3. The van der Waals surface area contributed by atoms with Crippen molar-refractivity contribution in [3.05, 3.63) is 40.1 Å². The zero-order valence-corrected chi connectivity index (χ0v) is 12.2. The van der Waals surface area contributed by atoms with Gasteiger partial charge in [-0.15, -0.1) is 0 Å². The van der Waals surface area contributed by atoms with E-state index in [-0.39, 0.29) is 0 Å². The summed E-state index contributed by atoms with van der Waals surface area (Å²) in [5.74, 6) is 0.905. The molecule has 21 heavy (non-hydrogen) atoms. The van der Waals surface area contributed by atoms with Gasteiger partial charge in [-0.2, -0.15) is 24.5 Å². The summed E-state index contributed by atoms with van der Waals surface area (Å²) in [4.78, 5) is 3.70. The van der Waals surface area contributed by atoms with Crippen LogP contribution in [0.25, 0.3) is 0 Å². The standard InChI is InChI=1S/C14H16F3N3S/c15-14(16,17)12-8-20-7-10(1-2-13(20)19-12)5-18-6-11-3-4-21-9-11/h3-4,8-10,18H,1-2,5-7H2/t10-/m1/s1. The lowest BCUT2D eigenvalue weighted by Gasteiger charge is -2.23. The highest BCUT2D eigenvalue weighted by Crippen LogP contribution is 2.30. The minimum Gasteiger partial charge on any atom is -0.334 e. The molecule has 0 amide bonds. The molecule has 0 unspecified atom stereocenters. The molecule has 3 heterocycles. The Labute approximate surface area is 124 Å². The number of aryl methyl sites for hydroxylation is 1. The zero-order chi connectivity index (χ0) is 14.9. The molecule has 0 saturated carbocycles. The molecule has 1 aliphatic rings. The van der Waals surface area contributed by atoms with Gasteiger partial charge in [-0.05, 0) is 41.3 Å². The quantitative estimate of drug-likeness (QED) is 0.938. The third kappa shape index (κ3) is 3.47. The number of hydrogen-bond donors (Lipinski definition) is 1. The van der Waals surface area contributed by atoms with E-state index in [2.05, 4.69) is 21.7 Å². The van der Waals surface area contributed by atoms with E-state index in [0.29, 0.717) is 24.7 Å². The van der Waals surface area contributed by atoms with Crippen LogP contribution in [0.4, 0.5) is 13.2 Å². The lowest BCUT2D eigenvalue weighted by atomic mass is 9.99. The Morgan fingerprint density at radius 2 is 2.29 bits per heavy atom. The molecule has 0 aromatic carbocycles. The van der Waals surface area contributed by atoms with Crippen molar-refractivity contribution in [2.24, 2.45) is 5.92 Å². The first-order valence-electron chi connectivity index (χ1n) is 6.87. The molecule has 0 bridgehead atoms. The van der Waals surface area contributed by atoms with Crippen molar-refractivity contribution >= 4 is 11.3 Å². The van der Waals surface area contributed by atoms with E-state index in [1.807, 2.05) is 5.38 Å². The normalized spacial score (nSPS) is 18.7. The largest absolute Gasteiger partial charge is 0.434 e. The van der Waals surface area contributed by atoms with Crippen molar-refractivity contribution in [2.75, 3.05) is 6.54 Å². The summed E-state index contributed by atoms with van der Waals surface area (Å²) in [5.41, 5.74) is 0.475. The highest BCUT2D eigenvalue weighted by atomic mass is 32.1. The summed E-state index contributed by atoms with van der Waals surface area (Å²) in [6.45, 7) is 2.23. The maximum absolute atomic E-state index is 12.6. The molecule has 1 aliphatic heterocycles. The highest BCUT2D eigenvalue weighted by molar-refractivity contribution is 7.07. The fraction of sp³-hybridized carbons (Fsp3) is 0.500. The van der Waals surface area contributed by atoms with Crippen molar-refractivity contribution in [1.82, 2.24) is 14.9 Å². The second kappa shape index (κ2) is 5.81. The predicted octanol–water partition coefficient (Wildman–Crippen LogP) is 3.32. The van der Waals surface area contributed by atoms with Crippen molar-refractivity contribution in [3.63, 3.8) is 0 Å². The van der Waals surface area contributed by atoms with Crippen LogP contribution < -0.4 is 5.32 Å². The molecule has 0 saturated heterocycles. The fourth-order valence-corrected chi connectivity index (χ4v) is 3.30. The Balaban J connectivity index is 1.56. The summed E-state index contributed by atoms with van der Waals surface area (Å²) in [5, 5.41) is 7.51. The molecule has 0 radical (unpaired) electrons. The smallest absolute Gasteiger partial charge is 0.334 e. The molecule has 114 valence electrons. The van der Waals surface area contributed by atoms with Crippen LogP contribution in [0.5, 0.6) is 0 Å². The van der Waals surface area contributed by atoms with E-state index in [0.717, 1.165) is 25.7 Å². The summed E-state index contributed by atoms with van der Waals surface area (Å²) >= 11 is 1.66. The van der Waals surface area contributed by atoms with Gasteiger partial charge in [0.05, 0.1) is 0 Å². The van der Waals surface area contributed by atoms with Crippen LogP contribution in [-0.4, -0.2) is 16.1 Å². The Morgan fingerprint density at radius 3 is 3.00 bits per heavy atom. The lowest BCUT2D eigenvalue weighted by Crippen LogP contribution is -2.29. The Kier molecular flexibility index (Phi) is 4.03. The predicted molar refractivity (Wildman–Crippen MR) is 75.1 cm³/mol. The van der Waals surface area contributed by atoms with Crippen LogP contribution in [0.2, 0.25) is 0 Å². The number of nitrogens with zero attached hydrogens (tertiary/aromatic N) is 2.